The van der Waals surface area contributed by atoms with Gasteiger partial charge < -0.3 is 26.0 Å². The summed E-state index contributed by atoms with van der Waals surface area (Å²) in [5.41, 5.74) is 5.92. The maximum Gasteiger partial charge on any atom is 0.454 e. The Hall–Kier alpha value is -0.625. The average Bonchev–Trinajstić information content (AvgIpc) is 2.78. The van der Waals surface area contributed by atoms with Crippen molar-refractivity contribution in [2.75, 3.05) is 26.2 Å². The minimum absolute atomic E-state index is 0.00276. The normalized spacial score (nSPS) is 39.1. The zero-order chi connectivity index (χ0) is 20.4. The lowest BCUT2D eigenvalue weighted by Gasteiger charge is -2.44. The van der Waals surface area contributed by atoms with Crippen LogP contribution < -0.4 is 11.1 Å². The molecule has 4 rings (SSSR count). The number of amides is 1. The Balaban J connectivity index is 1.24. The van der Waals surface area contributed by atoms with Gasteiger partial charge in [-0.1, -0.05) is 25.7 Å². The van der Waals surface area contributed by atoms with E-state index in [-0.39, 0.29) is 11.9 Å². The number of nitrogens with zero attached hydrogens (tertiary/aromatic N) is 1. The van der Waals surface area contributed by atoms with Gasteiger partial charge in [0.05, 0.1) is 6.04 Å². The topological polar surface area (TPSA) is 98.8 Å². The SMILES string of the molecule is NCC1CCCC(C2CCN(C(=O)C3CC4CCC(B(O)O)CC4CN3)CC2)C1. The molecule has 7 heteroatoms. The van der Waals surface area contributed by atoms with Gasteiger partial charge in [0.15, 0.2) is 0 Å². The van der Waals surface area contributed by atoms with Crippen LogP contribution in [0, 0.1) is 29.6 Å². The second kappa shape index (κ2) is 9.67. The maximum absolute atomic E-state index is 13.1. The number of likely N-dealkylation sites (tertiary alicyclic amines) is 1. The van der Waals surface area contributed by atoms with E-state index in [1.165, 1.54) is 25.7 Å². The predicted molar refractivity (Wildman–Crippen MR) is 115 cm³/mol. The van der Waals surface area contributed by atoms with Gasteiger partial charge in [0.2, 0.25) is 5.91 Å². The number of hydrogen-bond donors (Lipinski definition) is 4. The van der Waals surface area contributed by atoms with Gasteiger partial charge in [-0.25, -0.2) is 0 Å². The monoisotopic (exact) mass is 405 g/mol. The van der Waals surface area contributed by atoms with Crippen molar-refractivity contribution < 1.29 is 14.8 Å². The van der Waals surface area contributed by atoms with Crippen molar-refractivity contribution in [2.45, 2.75) is 76.1 Å². The van der Waals surface area contributed by atoms with Gasteiger partial charge >= 0.3 is 7.12 Å². The van der Waals surface area contributed by atoms with Gasteiger partial charge in [-0.3, -0.25) is 4.79 Å². The molecule has 2 aliphatic heterocycles. The van der Waals surface area contributed by atoms with Crippen LogP contribution in [0.4, 0.5) is 0 Å². The van der Waals surface area contributed by atoms with Crippen molar-refractivity contribution in [2.24, 2.45) is 35.3 Å². The molecule has 0 aromatic rings. The van der Waals surface area contributed by atoms with Gasteiger partial charge in [-0.2, -0.15) is 0 Å². The first-order chi connectivity index (χ1) is 14.0. The molecule has 0 radical (unpaired) electrons. The van der Waals surface area contributed by atoms with E-state index in [0.29, 0.717) is 17.7 Å². The maximum atomic E-state index is 13.1. The summed E-state index contributed by atoms with van der Waals surface area (Å²) in [5.74, 6) is 3.64. The highest BCUT2D eigenvalue weighted by atomic mass is 16.4. The minimum atomic E-state index is -1.19. The summed E-state index contributed by atoms with van der Waals surface area (Å²) >= 11 is 0. The number of nitrogens with two attached hydrogens (primary N) is 1. The highest BCUT2D eigenvalue weighted by molar-refractivity contribution is 6.43. The molecule has 4 fully saturated rings. The van der Waals surface area contributed by atoms with Crippen LogP contribution in [0.1, 0.15) is 64.2 Å². The molecule has 6 atom stereocenters. The molecule has 4 aliphatic rings. The molecule has 2 heterocycles. The lowest BCUT2D eigenvalue weighted by atomic mass is 9.58. The summed E-state index contributed by atoms with van der Waals surface area (Å²) in [7, 11) is -1.19. The van der Waals surface area contributed by atoms with Crippen LogP contribution >= 0.6 is 0 Å². The number of hydrogen-bond acceptors (Lipinski definition) is 5. The zero-order valence-electron chi connectivity index (χ0n) is 17.8. The number of carbonyl (C=O) groups excluding carboxylic acids is 1. The van der Waals surface area contributed by atoms with E-state index in [4.69, 9.17) is 5.73 Å². The number of piperidine rings is 2. The third-order valence-corrected chi connectivity index (χ3v) is 8.74. The predicted octanol–water partition coefficient (Wildman–Crippen LogP) is 1.61. The van der Waals surface area contributed by atoms with E-state index in [1.807, 2.05) is 0 Å². The van der Waals surface area contributed by atoms with Gasteiger partial charge in [-0.15, -0.1) is 0 Å². The lowest BCUT2D eigenvalue weighted by Crippen LogP contribution is -2.55. The Morgan fingerprint density at radius 2 is 1.69 bits per heavy atom. The molecule has 2 aliphatic carbocycles. The summed E-state index contributed by atoms with van der Waals surface area (Å²) in [5, 5.41) is 22.5. The number of carbonyl (C=O) groups is 1. The smallest absolute Gasteiger partial charge is 0.427 e. The molecule has 0 aromatic heterocycles. The van der Waals surface area contributed by atoms with E-state index < -0.39 is 7.12 Å². The van der Waals surface area contributed by atoms with Crippen molar-refractivity contribution in [1.82, 2.24) is 10.2 Å². The molecule has 2 saturated carbocycles. The summed E-state index contributed by atoms with van der Waals surface area (Å²) in [6, 6.07) is -0.0419. The largest absolute Gasteiger partial charge is 0.454 e. The first-order valence-electron chi connectivity index (χ1n) is 12.1. The fraction of sp³-hybridized carbons (Fsp3) is 0.955. The fourth-order valence-electron chi connectivity index (χ4n) is 6.85. The minimum Gasteiger partial charge on any atom is -0.427 e. The second-order valence-electron chi connectivity index (χ2n) is 10.4. The van der Waals surface area contributed by atoms with Crippen molar-refractivity contribution in [3.8, 4) is 0 Å². The van der Waals surface area contributed by atoms with Crippen LogP contribution in [-0.4, -0.2) is 60.2 Å². The molecule has 0 bridgehead atoms. The molecule has 6 nitrogen and oxygen atoms in total. The van der Waals surface area contributed by atoms with Crippen LogP contribution in [0.3, 0.4) is 0 Å². The van der Waals surface area contributed by atoms with Gasteiger partial charge in [0.25, 0.3) is 0 Å². The number of nitrogens with one attached hydrogen (secondary N) is 1. The van der Waals surface area contributed by atoms with E-state index in [2.05, 4.69) is 10.2 Å². The fourth-order valence-corrected chi connectivity index (χ4v) is 6.85. The molecular weight excluding hydrogens is 365 g/mol. The Bertz CT molecular complexity index is 555. The quantitative estimate of drug-likeness (QED) is 0.533. The molecule has 164 valence electrons. The number of rotatable bonds is 4. The van der Waals surface area contributed by atoms with Crippen molar-refractivity contribution >= 4 is 13.0 Å². The Labute approximate surface area is 176 Å². The zero-order valence-corrected chi connectivity index (χ0v) is 17.8. The highest BCUT2D eigenvalue weighted by Gasteiger charge is 2.42. The standard InChI is InChI=1S/C22H40BN3O3/c24-13-15-2-1-3-17(10-15)16-6-8-26(9-7-16)22(27)21-12-18-4-5-20(23(28)29)11-19(18)14-25-21/h15-21,25,28-29H,1-14,24H2. The van der Waals surface area contributed by atoms with Crippen molar-refractivity contribution in [1.29, 1.82) is 0 Å². The summed E-state index contributed by atoms with van der Waals surface area (Å²) < 4.78 is 0. The molecule has 2 saturated heterocycles. The Morgan fingerprint density at radius 3 is 2.41 bits per heavy atom. The van der Waals surface area contributed by atoms with E-state index in [0.717, 1.165) is 82.5 Å². The molecular formula is C22H40BN3O3. The van der Waals surface area contributed by atoms with Gasteiger partial charge in [0.1, 0.15) is 0 Å². The van der Waals surface area contributed by atoms with Crippen LogP contribution in [0.25, 0.3) is 0 Å². The van der Waals surface area contributed by atoms with Gasteiger partial charge in [0, 0.05) is 13.1 Å². The lowest BCUT2D eigenvalue weighted by molar-refractivity contribution is -0.136. The van der Waals surface area contributed by atoms with Crippen LogP contribution in [-0.2, 0) is 4.79 Å². The van der Waals surface area contributed by atoms with E-state index >= 15 is 0 Å². The second-order valence-corrected chi connectivity index (χ2v) is 10.4. The first-order valence-corrected chi connectivity index (χ1v) is 12.1. The van der Waals surface area contributed by atoms with Crippen LogP contribution in [0.2, 0.25) is 5.82 Å². The third-order valence-electron chi connectivity index (χ3n) is 8.74. The average molecular weight is 405 g/mol. The van der Waals surface area contributed by atoms with Gasteiger partial charge in [-0.05, 0) is 87.0 Å². The van der Waals surface area contributed by atoms with E-state index in [1.54, 1.807) is 0 Å². The van der Waals surface area contributed by atoms with Crippen LogP contribution in [0.5, 0.6) is 0 Å². The molecule has 5 N–H and O–H groups in total. The number of fused-ring (bicyclic) bond motifs is 1. The third kappa shape index (κ3) is 5.00. The molecule has 29 heavy (non-hydrogen) atoms. The molecule has 0 spiro atoms. The molecule has 6 unspecified atom stereocenters. The van der Waals surface area contributed by atoms with E-state index in [9.17, 15) is 14.8 Å². The Morgan fingerprint density at radius 1 is 0.931 bits per heavy atom. The Kier molecular flexibility index (Phi) is 7.20. The summed E-state index contributed by atoms with van der Waals surface area (Å²) in [6.07, 6.45) is 11.3. The molecule has 1 amide bonds. The molecule has 0 aromatic carbocycles. The van der Waals surface area contributed by atoms with Crippen LogP contribution in [0.15, 0.2) is 0 Å². The van der Waals surface area contributed by atoms with Crippen molar-refractivity contribution in [3.63, 3.8) is 0 Å². The first kappa shape index (κ1) is 21.6. The highest BCUT2D eigenvalue weighted by Crippen LogP contribution is 2.42. The summed E-state index contributed by atoms with van der Waals surface area (Å²) in [6.45, 7) is 3.50. The summed E-state index contributed by atoms with van der Waals surface area (Å²) in [4.78, 5) is 15.3. The van der Waals surface area contributed by atoms with Crippen molar-refractivity contribution in [3.05, 3.63) is 0 Å².